The molecule has 0 unspecified atom stereocenters. The van der Waals surface area contributed by atoms with Crippen LogP contribution in [0.25, 0.3) is 87.4 Å². The number of benzene rings is 5. The molecule has 5 aromatic heterocycles. The Morgan fingerprint density at radius 1 is 0.395 bits per heavy atom. The lowest BCUT2D eigenvalue weighted by molar-refractivity contribution is 1.32. The van der Waals surface area contributed by atoms with Gasteiger partial charge in [0.25, 0.3) is 0 Å². The molecule has 3 nitrogen and oxygen atoms in total. The molecule has 0 radical (unpaired) electrons. The van der Waals surface area contributed by atoms with Crippen molar-refractivity contribution in [3.8, 4) is 11.3 Å². The Morgan fingerprint density at radius 3 is 1.63 bits per heavy atom. The molecule has 0 bridgehead atoms. The average molecular weight is 482 g/mol. The van der Waals surface area contributed by atoms with E-state index in [1.807, 2.05) is 0 Å². The van der Waals surface area contributed by atoms with Gasteiger partial charge in [-0.15, -0.1) is 0 Å². The van der Waals surface area contributed by atoms with Crippen LogP contribution in [0, 0.1) is 0 Å². The van der Waals surface area contributed by atoms with Crippen molar-refractivity contribution in [1.29, 1.82) is 0 Å². The minimum atomic E-state index is 1.00. The van der Waals surface area contributed by atoms with Crippen molar-refractivity contribution < 1.29 is 0 Å². The molecular weight excluding hydrogens is 462 g/mol. The Morgan fingerprint density at radius 2 is 0.921 bits per heavy atom. The van der Waals surface area contributed by atoms with E-state index in [1.54, 1.807) is 0 Å². The van der Waals surface area contributed by atoms with Gasteiger partial charge in [0, 0.05) is 54.9 Å². The zero-order valence-corrected chi connectivity index (χ0v) is 20.3. The number of aromatic nitrogens is 3. The number of pyridine rings is 1. The first-order chi connectivity index (χ1) is 18.9. The molecule has 0 amide bonds. The second-order valence-electron chi connectivity index (χ2n) is 10.4. The maximum Gasteiger partial charge on any atom is 0.0723 e. The van der Waals surface area contributed by atoms with Gasteiger partial charge in [-0.05, 0) is 24.3 Å². The standard InChI is InChI=1S/C35H19N3/c1-2-8-20(9-3-1)29-18-33-28(19-36-29)25-14-7-13-24-27-16-31-26(17-32(27)38(33)35(24)25)23-12-6-11-22-21-10-4-5-15-30(21)37(31)34(22)23/h1-19H. The van der Waals surface area contributed by atoms with E-state index in [4.69, 9.17) is 4.98 Å². The summed E-state index contributed by atoms with van der Waals surface area (Å²) in [4.78, 5) is 4.87. The smallest absolute Gasteiger partial charge is 0.0723 e. The lowest BCUT2D eigenvalue weighted by atomic mass is 10.0. The zero-order chi connectivity index (χ0) is 24.5. The second-order valence-corrected chi connectivity index (χ2v) is 10.4. The van der Waals surface area contributed by atoms with Gasteiger partial charge < -0.3 is 8.80 Å². The van der Waals surface area contributed by atoms with E-state index in [0.717, 1.165) is 11.3 Å². The van der Waals surface area contributed by atoms with E-state index >= 15 is 0 Å². The van der Waals surface area contributed by atoms with Crippen molar-refractivity contribution in [2.24, 2.45) is 0 Å². The molecule has 0 atom stereocenters. The maximum absolute atomic E-state index is 4.87. The SMILES string of the molecule is c1ccc(-c2cc3c(cn2)c2cccc4c5cc6c(cc5n3c24)c2cccc3c4ccccc4n6c32)cc1. The summed E-state index contributed by atoms with van der Waals surface area (Å²) < 4.78 is 4.94. The average Bonchev–Trinajstić information content (AvgIpc) is 3.69. The fourth-order valence-corrected chi connectivity index (χ4v) is 7.06. The predicted molar refractivity (Wildman–Crippen MR) is 159 cm³/mol. The lowest BCUT2D eigenvalue weighted by Crippen LogP contribution is -1.86. The number of rotatable bonds is 1. The van der Waals surface area contributed by atoms with Crippen LogP contribution >= 0.6 is 0 Å². The van der Waals surface area contributed by atoms with E-state index in [2.05, 4.69) is 124 Å². The summed E-state index contributed by atoms with van der Waals surface area (Å²) in [5, 5.41) is 10.3. The summed E-state index contributed by atoms with van der Waals surface area (Å²) in [7, 11) is 0. The van der Waals surface area contributed by atoms with Gasteiger partial charge in [0.15, 0.2) is 0 Å². The van der Waals surface area contributed by atoms with E-state index in [1.165, 1.54) is 76.2 Å². The van der Waals surface area contributed by atoms with Crippen molar-refractivity contribution in [2.45, 2.75) is 0 Å². The summed E-state index contributed by atoms with van der Waals surface area (Å²) in [5.41, 5.74) is 9.74. The third kappa shape index (κ3) is 2.08. The van der Waals surface area contributed by atoms with Crippen LogP contribution in [0.2, 0.25) is 0 Å². The van der Waals surface area contributed by atoms with Gasteiger partial charge in [0.05, 0.1) is 38.8 Å². The molecule has 5 aromatic carbocycles. The summed E-state index contributed by atoms with van der Waals surface area (Å²) in [6.07, 6.45) is 2.05. The Labute approximate surface area is 216 Å². The summed E-state index contributed by atoms with van der Waals surface area (Å²) >= 11 is 0. The molecule has 5 heterocycles. The fourth-order valence-electron chi connectivity index (χ4n) is 7.06. The van der Waals surface area contributed by atoms with E-state index in [-0.39, 0.29) is 0 Å². The van der Waals surface area contributed by atoms with E-state index in [0.29, 0.717) is 0 Å². The highest BCUT2D eigenvalue weighted by molar-refractivity contribution is 6.28. The van der Waals surface area contributed by atoms with Crippen LogP contribution < -0.4 is 0 Å². The minimum Gasteiger partial charge on any atom is -0.308 e. The normalized spacial score (nSPS) is 12.7. The molecule has 10 rings (SSSR count). The molecule has 10 aromatic rings. The van der Waals surface area contributed by atoms with Crippen LogP contribution in [0.5, 0.6) is 0 Å². The van der Waals surface area contributed by atoms with Crippen molar-refractivity contribution in [3.05, 3.63) is 115 Å². The minimum absolute atomic E-state index is 1.00. The molecule has 0 aliphatic carbocycles. The zero-order valence-electron chi connectivity index (χ0n) is 20.3. The van der Waals surface area contributed by atoms with Gasteiger partial charge in [-0.2, -0.15) is 0 Å². The van der Waals surface area contributed by atoms with E-state index < -0.39 is 0 Å². The molecule has 0 saturated carbocycles. The van der Waals surface area contributed by atoms with Gasteiger partial charge in [-0.3, -0.25) is 4.98 Å². The highest BCUT2D eigenvalue weighted by Crippen LogP contribution is 2.44. The van der Waals surface area contributed by atoms with Crippen LogP contribution in [0.1, 0.15) is 0 Å². The maximum atomic E-state index is 4.87. The van der Waals surface area contributed by atoms with Crippen molar-refractivity contribution in [2.75, 3.05) is 0 Å². The third-order valence-electron chi connectivity index (χ3n) is 8.61. The van der Waals surface area contributed by atoms with Crippen molar-refractivity contribution >= 4 is 76.2 Å². The second kappa shape index (κ2) is 6.39. The molecule has 0 spiro atoms. The van der Waals surface area contributed by atoms with Crippen molar-refractivity contribution in [1.82, 2.24) is 13.8 Å². The quantitative estimate of drug-likeness (QED) is 0.229. The molecule has 0 aliphatic rings. The molecule has 174 valence electrons. The first-order valence-corrected chi connectivity index (χ1v) is 13.1. The van der Waals surface area contributed by atoms with Gasteiger partial charge >= 0.3 is 0 Å². The van der Waals surface area contributed by atoms with Gasteiger partial charge in [0.2, 0.25) is 0 Å². The number of hydrogen-bond acceptors (Lipinski definition) is 1. The number of fused-ring (bicyclic) bond motifs is 12. The Hall–Kier alpha value is -5.15. The molecule has 3 heteroatoms. The molecule has 38 heavy (non-hydrogen) atoms. The summed E-state index contributed by atoms with van der Waals surface area (Å²) in [5.74, 6) is 0. The van der Waals surface area contributed by atoms with Crippen LogP contribution in [0.3, 0.4) is 0 Å². The largest absolute Gasteiger partial charge is 0.308 e. The highest BCUT2D eigenvalue weighted by Gasteiger charge is 2.22. The first kappa shape index (κ1) is 19.0. The topological polar surface area (TPSA) is 21.7 Å². The Kier molecular flexibility index (Phi) is 3.20. The van der Waals surface area contributed by atoms with Crippen LogP contribution in [-0.4, -0.2) is 13.8 Å². The lowest BCUT2D eigenvalue weighted by Gasteiger charge is -2.03. The molecule has 0 saturated heterocycles. The Balaban J connectivity index is 1.43. The van der Waals surface area contributed by atoms with Crippen LogP contribution in [0.15, 0.2) is 115 Å². The van der Waals surface area contributed by atoms with Gasteiger partial charge in [-0.1, -0.05) is 84.9 Å². The number of hydrogen-bond donors (Lipinski definition) is 0. The highest BCUT2D eigenvalue weighted by atomic mass is 14.9. The molecule has 0 N–H and O–H groups in total. The molecule has 0 aliphatic heterocycles. The summed E-state index contributed by atoms with van der Waals surface area (Å²) in [6, 6.07) is 39.8. The Bertz CT molecular complexity index is 2550. The first-order valence-electron chi connectivity index (χ1n) is 13.1. The molecular formula is C35H19N3. The van der Waals surface area contributed by atoms with Crippen molar-refractivity contribution in [3.63, 3.8) is 0 Å². The molecule has 0 fully saturated rings. The predicted octanol–water partition coefficient (Wildman–Crippen LogP) is 9.05. The van der Waals surface area contributed by atoms with Crippen LogP contribution in [0.4, 0.5) is 0 Å². The number of nitrogens with zero attached hydrogens (tertiary/aromatic N) is 3. The third-order valence-corrected chi connectivity index (χ3v) is 8.61. The van der Waals surface area contributed by atoms with Gasteiger partial charge in [-0.25, -0.2) is 0 Å². The summed E-state index contributed by atoms with van der Waals surface area (Å²) in [6.45, 7) is 0. The van der Waals surface area contributed by atoms with Crippen LogP contribution in [-0.2, 0) is 0 Å². The van der Waals surface area contributed by atoms with Gasteiger partial charge in [0.1, 0.15) is 0 Å². The monoisotopic (exact) mass is 481 g/mol. The number of para-hydroxylation sites is 3. The van der Waals surface area contributed by atoms with E-state index in [9.17, 15) is 0 Å². The fraction of sp³-hybridized carbons (Fsp3) is 0.